The minimum absolute atomic E-state index is 0.0826. The van der Waals surface area contributed by atoms with Crippen molar-refractivity contribution in [3.63, 3.8) is 0 Å². The molecule has 0 radical (unpaired) electrons. The Morgan fingerprint density at radius 2 is 1.59 bits per heavy atom. The first-order chi connectivity index (χ1) is 13.5. The van der Waals surface area contributed by atoms with E-state index in [1.165, 1.54) is 6.92 Å². The fourth-order valence-electron chi connectivity index (χ4n) is 2.16. The van der Waals surface area contributed by atoms with Crippen LogP contribution < -0.4 is 27.4 Å². The molecule has 4 unspecified atom stereocenters. The Balaban J connectivity index is 4.90. The molecule has 0 fully saturated rings. The maximum Gasteiger partial charge on any atom is 0.326 e. The number of aliphatic carboxylic acids is 2. The lowest BCUT2D eigenvalue weighted by molar-refractivity contribution is -0.143. The summed E-state index contributed by atoms with van der Waals surface area (Å²) < 4.78 is 0. The van der Waals surface area contributed by atoms with Gasteiger partial charge in [0, 0.05) is 0 Å². The van der Waals surface area contributed by atoms with Crippen LogP contribution in [0.15, 0.2) is 0 Å². The van der Waals surface area contributed by atoms with Gasteiger partial charge in [0.05, 0.1) is 19.1 Å². The molecule has 3 amide bonds. The molecule has 0 rings (SSSR count). The zero-order valence-electron chi connectivity index (χ0n) is 16.1. The zero-order chi connectivity index (χ0) is 22.6. The van der Waals surface area contributed by atoms with Crippen molar-refractivity contribution in [2.24, 2.45) is 11.5 Å². The Bertz CT molecular complexity index is 598. The van der Waals surface area contributed by atoms with Crippen molar-refractivity contribution in [3.05, 3.63) is 0 Å². The summed E-state index contributed by atoms with van der Waals surface area (Å²) in [5.74, 6) is -5.42. The summed E-state index contributed by atoms with van der Waals surface area (Å²) in [4.78, 5) is 58.1. The number of unbranched alkanes of at least 4 members (excludes halogenated alkanes) is 1. The van der Waals surface area contributed by atoms with Crippen molar-refractivity contribution < 1.29 is 39.3 Å². The van der Waals surface area contributed by atoms with E-state index in [-0.39, 0.29) is 6.42 Å². The van der Waals surface area contributed by atoms with Crippen molar-refractivity contribution in [2.45, 2.75) is 56.8 Å². The van der Waals surface area contributed by atoms with Gasteiger partial charge in [-0.2, -0.15) is 0 Å². The second kappa shape index (κ2) is 13.4. The normalized spacial score (nSPS) is 14.8. The number of nitrogens with one attached hydrogen (secondary N) is 3. The third-order valence-electron chi connectivity index (χ3n) is 3.84. The third-order valence-corrected chi connectivity index (χ3v) is 3.84. The Hall–Kier alpha value is -2.77. The maximum atomic E-state index is 12.3. The van der Waals surface area contributed by atoms with E-state index in [0.29, 0.717) is 19.4 Å². The number of nitrogens with two attached hydrogens (primary N) is 2. The minimum atomic E-state index is -1.56. The molecular weight excluding hydrogens is 390 g/mol. The van der Waals surface area contributed by atoms with Crippen LogP contribution >= 0.6 is 0 Å². The van der Waals surface area contributed by atoms with E-state index in [1.54, 1.807) is 0 Å². The molecule has 166 valence electrons. The van der Waals surface area contributed by atoms with Crippen LogP contribution in [0.1, 0.15) is 32.6 Å². The van der Waals surface area contributed by atoms with Gasteiger partial charge in [-0.3, -0.25) is 19.2 Å². The number of amides is 3. The minimum Gasteiger partial charge on any atom is -0.481 e. The van der Waals surface area contributed by atoms with Crippen molar-refractivity contribution in [1.82, 2.24) is 16.0 Å². The van der Waals surface area contributed by atoms with Crippen molar-refractivity contribution in [2.75, 3.05) is 13.1 Å². The number of carbonyl (C=O) groups is 5. The molecular formula is C16H29N5O8. The highest BCUT2D eigenvalue weighted by Crippen LogP contribution is 2.03. The molecule has 13 nitrogen and oxygen atoms in total. The van der Waals surface area contributed by atoms with Gasteiger partial charge >= 0.3 is 11.9 Å². The molecule has 29 heavy (non-hydrogen) atoms. The van der Waals surface area contributed by atoms with Gasteiger partial charge in [0.1, 0.15) is 18.1 Å². The largest absolute Gasteiger partial charge is 0.481 e. The average molecular weight is 419 g/mol. The average Bonchev–Trinajstić information content (AvgIpc) is 2.63. The van der Waals surface area contributed by atoms with Gasteiger partial charge in [-0.1, -0.05) is 0 Å². The van der Waals surface area contributed by atoms with E-state index in [9.17, 15) is 34.2 Å². The van der Waals surface area contributed by atoms with E-state index in [2.05, 4.69) is 16.0 Å². The zero-order valence-corrected chi connectivity index (χ0v) is 16.1. The number of carbonyl (C=O) groups excluding carboxylic acids is 3. The number of hydrogen-bond acceptors (Lipinski definition) is 8. The van der Waals surface area contributed by atoms with Crippen LogP contribution in [0.3, 0.4) is 0 Å². The molecule has 0 aliphatic heterocycles. The van der Waals surface area contributed by atoms with E-state index < -0.39 is 66.9 Å². The second-order valence-electron chi connectivity index (χ2n) is 6.39. The molecule has 0 aliphatic carbocycles. The van der Waals surface area contributed by atoms with Crippen molar-refractivity contribution in [3.8, 4) is 0 Å². The molecule has 0 heterocycles. The highest BCUT2D eigenvalue weighted by atomic mass is 16.4. The number of carboxylic acids is 2. The quantitative estimate of drug-likeness (QED) is 0.129. The summed E-state index contributed by atoms with van der Waals surface area (Å²) in [6.45, 7) is 1.01. The van der Waals surface area contributed by atoms with Crippen LogP contribution in [0.4, 0.5) is 0 Å². The van der Waals surface area contributed by atoms with Crippen molar-refractivity contribution in [1.29, 1.82) is 0 Å². The topological polar surface area (TPSA) is 234 Å². The first-order valence-electron chi connectivity index (χ1n) is 8.95. The Morgan fingerprint density at radius 1 is 0.966 bits per heavy atom. The smallest absolute Gasteiger partial charge is 0.326 e. The molecule has 0 saturated heterocycles. The number of carboxylic acid groups (broad SMARTS) is 2. The van der Waals surface area contributed by atoms with Gasteiger partial charge in [0.2, 0.25) is 17.7 Å². The predicted molar refractivity (Wildman–Crippen MR) is 99.3 cm³/mol. The van der Waals surface area contributed by atoms with E-state index in [4.69, 9.17) is 16.6 Å². The highest BCUT2D eigenvalue weighted by Gasteiger charge is 2.28. The van der Waals surface area contributed by atoms with Gasteiger partial charge in [0.25, 0.3) is 0 Å². The molecule has 0 aromatic carbocycles. The van der Waals surface area contributed by atoms with Gasteiger partial charge in [-0.25, -0.2) is 4.79 Å². The molecule has 0 bridgehead atoms. The third kappa shape index (κ3) is 11.0. The van der Waals surface area contributed by atoms with Gasteiger partial charge < -0.3 is 42.7 Å². The Kier molecular flexibility index (Phi) is 12.1. The van der Waals surface area contributed by atoms with Gasteiger partial charge in [-0.15, -0.1) is 0 Å². The lowest BCUT2D eigenvalue weighted by Crippen LogP contribution is -2.55. The number of aliphatic hydroxyl groups is 1. The summed E-state index contributed by atoms with van der Waals surface area (Å²) in [7, 11) is 0. The summed E-state index contributed by atoms with van der Waals surface area (Å²) in [5, 5.41) is 33.8. The standard InChI is InChI=1S/C16H29N5O8/c1-8(22)13(18)15(27)19-7-11(23)20-10(6-12(24)25)14(26)21-9(16(28)29)4-2-3-5-17/h8-10,13,22H,2-7,17-18H2,1H3,(H,19,27)(H,20,23)(H,21,26)(H,24,25)(H,28,29). The number of rotatable bonds is 14. The van der Waals surface area contributed by atoms with Crippen molar-refractivity contribution >= 4 is 29.7 Å². The Morgan fingerprint density at radius 3 is 2.07 bits per heavy atom. The summed E-state index contributed by atoms with van der Waals surface area (Å²) >= 11 is 0. The molecule has 0 aromatic heterocycles. The molecule has 0 saturated carbocycles. The SMILES string of the molecule is CC(O)C(N)C(=O)NCC(=O)NC(CC(=O)O)C(=O)NC(CCCCN)C(=O)O. The molecule has 0 aromatic rings. The summed E-state index contributed by atoms with van der Waals surface area (Å²) in [6, 6.07) is -4.10. The highest BCUT2D eigenvalue weighted by molar-refractivity contribution is 5.94. The predicted octanol–water partition coefficient (Wildman–Crippen LogP) is -3.53. The fraction of sp³-hybridized carbons (Fsp3) is 0.688. The molecule has 0 spiro atoms. The van der Waals surface area contributed by atoms with Crippen LogP contribution in [0, 0.1) is 0 Å². The van der Waals surface area contributed by atoms with Gasteiger partial charge in [0.15, 0.2) is 0 Å². The number of hydrogen-bond donors (Lipinski definition) is 8. The molecule has 13 heteroatoms. The molecule has 10 N–H and O–H groups in total. The fourth-order valence-corrected chi connectivity index (χ4v) is 2.16. The molecule has 0 aliphatic rings. The number of aliphatic hydroxyl groups excluding tert-OH is 1. The van der Waals surface area contributed by atoms with Crippen LogP contribution in [0.25, 0.3) is 0 Å². The first-order valence-corrected chi connectivity index (χ1v) is 8.95. The monoisotopic (exact) mass is 419 g/mol. The van der Waals surface area contributed by atoms with E-state index in [0.717, 1.165) is 0 Å². The van der Waals surface area contributed by atoms with Gasteiger partial charge in [-0.05, 0) is 32.7 Å². The molecule has 4 atom stereocenters. The van der Waals surface area contributed by atoms with E-state index in [1.807, 2.05) is 0 Å². The lowest BCUT2D eigenvalue weighted by atomic mass is 10.1. The van der Waals surface area contributed by atoms with Crippen LogP contribution in [-0.2, 0) is 24.0 Å². The Labute approximate surface area is 167 Å². The second-order valence-corrected chi connectivity index (χ2v) is 6.39. The van der Waals surface area contributed by atoms with E-state index >= 15 is 0 Å². The van der Waals surface area contributed by atoms with Crippen LogP contribution in [-0.4, -0.2) is 82.3 Å². The van der Waals surface area contributed by atoms with Crippen LogP contribution in [0.2, 0.25) is 0 Å². The summed E-state index contributed by atoms with van der Waals surface area (Å²) in [6.07, 6.45) is -0.897. The maximum absolute atomic E-state index is 12.3. The summed E-state index contributed by atoms with van der Waals surface area (Å²) in [5.41, 5.74) is 10.7. The van der Waals surface area contributed by atoms with Crippen LogP contribution in [0.5, 0.6) is 0 Å². The lowest BCUT2D eigenvalue weighted by Gasteiger charge is -2.21. The first kappa shape index (κ1) is 26.2.